The number of nitrogens with zero attached hydrogens (tertiary/aromatic N) is 1. The number of ether oxygens (including phenoxy) is 1. The molecular weight excluding hydrogens is 226 g/mol. The Kier molecular flexibility index (Phi) is 3.47. The third-order valence-electron chi connectivity index (χ3n) is 2.82. The van der Waals surface area contributed by atoms with E-state index in [1.54, 1.807) is 6.07 Å². The van der Waals surface area contributed by atoms with Crippen molar-refractivity contribution in [3.05, 3.63) is 23.8 Å². The maximum atomic E-state index is 12.7. The molecule has 1 aliphatic rings. The lowest BCUT2D eigenvalue weighted by Crippen LogP contribution is -2.41. The summed E-state index contributed by atoms with van der Waals surface area (Å²) in [6.07, 6.45) is -2.38. The number of anilines is 2. The number of hydrogen-bond donors (Lipinski definition) is 1. The van der Waals surface area contributed by atoms with Crippen LogP contribution >= 0.6 is 0 Å². The molecule has 0 amide bonds. The summed E-state index contributed by atoms with van der Waals surface area (Å²) in [6, 6.07) is 4.54. The maximum absolute atomic E-state index is 12.7. The fourth-order valence-electron chi connectivity index (χ4n) is 2.02. The minimum atomic E-state index is -2.49. The molecular formula is C12H16F2N2O. The monoisotopic (exact) mass is 242 g/mol. The zero-order valence-corrected chi connectivity index (χ0v) is 9.70. The van der Waals surface area contributed by atoms with Crippen molar-refractivity contribution < 1.29 is 13.5 Å². The van der Waals surface area contributed by atoms with Gasteiger partial charge in [-0.1, -0.05) is 0 Å². The molecule has 0 radical (unpaired) electrons. The summed E-state index contributed by atoms with van der Waals surface area (Å²) in [5, 5.41) is 0. The molecule has 5 heteroatoms. The first kappa shape index (κ1) is 12.1. The van der Waals surface area contributed by atoms with Crippen LogP contribution in [0.2, 0.25) is 0 Å². The summed E-state index contributed by atoms with van der Waals surface area (Å²) < 4.78 is 30.8. The van der Waals surface area contributed by atoms with Gasteiger partial charge in [0.1, 0.15) is 0 Å². The molecule has 0 saturated carbocycles. The van der Waals surface area contributed by atoms with Crippen LogP contribution in [0.3, 0.4) is 0 Å². The van der Waals surface area contributed by atoms with E-state index in [1.807, 2.05) is 11.8 Å². The van der Waals surface area contributed by atoms with E-state index in [4.69, 9.17) is 10.5 Å². The van der Waals surface area contributed by atoms with E-state index in [-0.39, 0.29) is 11.7 Å². The number of morpholine rings is 1. The van der Waals surface area contributed by atoms with Crippen LogP contribution < -0.4 is 10.6 Å². The van der Waals surface area contributed by atoms with Crippen LogP contribution in [0.1, 0.15) is 18.9 Å². The molecule has 3 nitrogen and oxygen atoms in total. The van der Waals surface area contributed by atoms with Gasteiger partial charge in [0.25, 0.3) is 6.43 Å². The Hall–Kier alpha value is -1.36. The number of halogens is 2. The molecule has 1 fully saturated rings. The molecule has 1 unspecified atom stereocenters. The predicted octanol–water partition coefficient (Wildman–Crippen LogP) is 2.43. The molecule has 1 aromatic rings. The summed E-state index contributed by atoms with van der Waals surface area (Å²) >= 11 is 0. The minimum absolute atomic E-state index is 0.0286. The van der Waals surface area contributed by atoms with Gasteiger partial charge in [-0.15, -0.1) is 0 Å². The van der Waals surface area contributed by atoms with Crippen molar-refractivity contribution in [2.75, 3.05) is 30.3 Å². The molecule has 17 heavy (non-hydrogen) atoms. The van der Waals surface area contributed by atoms with Crippen LogP contribution in [0.5, 0.6) is 0 Å². The van der Waals surface area contributed by atoms with Gasteiger partial charge < -0.3 is 15.4 Å². The second-order valence-corrected chi connectivity index (χ2v) is 4.29. The molecule has 2 N–H and O–H groups in total. The first-order valence-corrected chi connectivity index (χ1v) is 5.61. The third kappa shape index (κ3) is 2.85. The fraction of sp³-hybridized carbons (Fsp3) is 0.500. The Balaban J connectivity index is 2.25. The summed E-state index contributed by atoms with van der Waals surface area (Å²) in [5.74, 6) is 0. The maximum Gasteiger partial charge on any atom is 0.263 e. The van der Waals surface area contributed by atoms with E-state index >= 15 is 0 Å². The van der Waals surface area contributed by atoms with Crippen molar-refractivity contribution in [3.63, 3.8) is 0 Å². The summed E-state index contributed by atoms with van der Waals surface area (Å²) in [5.41, 5.74) is 6.74. The molecule has 1 saturated heterocycles. The number of benzene rings is 1. The Morgan fingerprint density at radius 3 is 2.82 bits per heavy atom. The zero-order chi connectivity index (χ0) is 12.4. The van der Waals surface area contributed by atoms with Crippen LogP contribution in [-0.2, 0) is 4.74 Å². The van der Waals surface area contributed by atoms with Crippen molar-refractivity contribution in [2.45, 2.75) is 19.5 Å². The number of alkyl halides is 2. The van der Waals surface area contributed by atoms with E-state index in [2.05, 4.69) is 0 Å². The lowest BCUT2D eigenvalue weighted by molar-refractivity contribution is 0.0532. The molecule has 0 aromatic heterocycles. The average Bonchev–Trinajstić information content (AvgIpc) is 2.28. The fourth-order valence-corrected chi connectivity index (χ4v) is 2.02. The highest BCUT2D eigenvalue weighted by Crippen LogP contribution is 2.28. The highest BCUT2D eigenvalue weighted by molar-refractivity contribution is 5.59. The van der Waals surface area contributed by atoms with E-state index in [9.17, 15) is 8.78 Å². The quantitative estimate of drug-likeness (QED) is 0.809. The molecule has 2 rings (SSSR count). The second kappa shape index (κ2) is 4.87. The van der Waals surface area contributed by atoms with E-state index in [0.29, 0.717) is 25.4 Å². The van der Waals surface area contributed by atoms with Gasteiger partial charge in [0.15, 0.2) is 0 Å². The molecule has 1 heterocycles. The zero-order valence-electron chi connectivity index (χ0n) is 9.70. The topological polar surface area (TPSA) is 38.5 Å². The first-order chi connectivity index (χ1) is 8.06. The molecule has 1 aliphatic heterocycles. The predicted molar refractivity (Wildman–Crippen MR) is 63.4 cm³/mol. The summed E-state index contributed by atoms with van der Waals surface area (Å²) in [7, 11) is 0. The van der Waals surface area contributed by atoms with Gasteiger partial charge in [0.2, 0.25) is 0 Å². The van der Waals surface area contributed by atoms with Gasteiger partial charge in [-0.05, 0) is 25.1 Å². The number of rotatable bonds is 2. The number of nitrogen functional groups attached to an aromatic ring is 1. The van der Waals surface area contributed by atoms with Crippen molar-refractivity contribution in [3.8, 4) is 0 Å². The Morgan fingerprint density at radius 1 is 1.41 bits per heavy atom. The number of hydrogen-bond acceptors (Lipinski definition) is 3. The van der Waals surface area contributed by atoms with Crippen LogP contribution in [-0.4, -0.2) is 25.8 Å². The van der Waals surface area contributed by atoms with E-state index in [0.717, 1.165) is 5.69 Å². The standard InChI is InChI=1S/C12H16F2N2O/c1-8-7-16(2-3-17-8)11-5-9(12(13)14)4-10(15)6-11/h4-6,8,12H,2-3,7,15H2,1H3. The van der Waals surface area contributed by atoms with E-state index in [1.165, 1.54) is 12.1 Å². The van der Waals surface area contributed by atoms with Crippen LogP contribution in [0.4, 0.5) is 20.2 Å². The second-order valence-electron chi connectivity index (χ2n) is 4.29. The van der Waals surface area contributed by atoms with Gasteiger partial charge in [-0.25, -0.2) is 8.78 Å². The van der Waals surface area contributed by atoms with Gasteiger partial charge in [-0.2, -0.15) is 0 Å². The van der Waals surface area contributed by atoms with Crippen LogP contribution in [0.15, 0.2) is 18.2 Å². The molecule has 0 spiro atoms. The SMILES string of the molecule is CC1CN(c2cc(N)cc(C(F)F)c2)CCO1. The van der Waals surface area contributed by atoms with Crippen LogP contribution in [0.25, 0.3) is 0 Å². The Labute approximate surface area is 99.2 Å². The van der Waals surface area contributed by atoms with Gasteiger partial charge in [0, 0.05) is 30.0 Å². The summed E-state index contributed by atoms with van der Waals surface area (Å²) in [4.78, 5) is 2.02. The van der Waals surface area contributed by atoms with Crippen LogP contribution in [0, 0.1) is 0 Å². The smallest absolute Gasteiger partial charge is 0.263 e. The highest BCUT2D eigenvalue weighted by Gasteiger charge is 2.19. The van der Waals surface area contributed by atoms with Crippen molar-refractivity contribution in [2.24, 2.45) is 0 Å². The largest absolute Gasteiger partial charge is 0.399 e. The van der Waals surface area contributed by atoms with Crippen molar-refractivity contribution in [1.82, 2.24) is 0 Å². The minimum Gasteiger partial charge on any atom is -0.399 e. The molecule has 1 atom stereocenters. The first-order valence-electron chi connectivity index (χ1n) is 5.61. The highest BCUT2D eigenvalue weighted by atomic mass is 19.3. The van der Waals surface area contributed by atoms with Crippen molar-refractivity contribution in [1.29, 1.82) is 0 Å². The van der Waals surface area contributed by atoms with Gasteiger partial charge in [0.05, 0.1) is 12.7 Å². The molecule has 0 aliphatic carbocycles. The molecule has 1 aromatic carbocycles. The summed E-state index contributed by atoms with van der Waals surface area (Å²) in [6.45, 7) is 3.98. The number of nitrogens with two attached hydrogens (primary N) is 1. The molecule has 94 valence electrons. The van der Waals surface area contributed by atoms with Crippen molar-refractivity contribution >= 4 is 11.4 Å². The lowest BCUT2D eigenvalue weighted by atomic mass is 10.1. The lowest BCUT2D eigenvalue weighted by Gasteiger charge is -2.33. The normalized spacial score (nSPS) is 20.9. The Bertz CT molecular complexity index is 398. The Morgan fingerprint density at radius 2 is 2.18 bits per heavy atom. The van der Waals surface area contributed by atoms with E-state index < -0.39 is 6.43 Å². The van der Waals surface area contributed by atoms with Gasteiger partial charge in [-0.3, -0.25) is 0 Å². The molecule has 0 bridgehead atoms. The average molecular weight is 242 g/mol. The van der Waals surface area contributed by atoms with Gasteiger partial charge >= 0.3 is 0 Å². The third-order valence-corrected chi connectivity index (χ3v) is 2.82.